The molecule has 0 aromatic carbocycles. The first-order valence-electron chi connectivity index (χ1n) is 6.34. The molecule has 0 bridgehead atoms. The molecule has 6 nitrogen and oxygen atoms in total. The van der Waals surface area contributed by atoms with Crippen LogP contribution in [0, 0.1) is 5.92 Å². The topological polar surface area (TPSA) is 81.6 Å². The van der Waals surface area contributed by atoms with E-state index < -0.39 is 0 Å². The molecule has 98 valence electrons. The highest BCUT2D eigenvalue weighted by atomic mass is 16.5. The maximum absolute atomic E-state index is 12.3. The third kappa shape index (κ3) is 2.08. The second kappa shape index (κ2) is 4.61. The first kappa shape index (κ1) is 11.5. The molecule has 0 atom stereocenters. The summed E-state index contributed by atoms with van der Waals surface area (Å²) in [4.78, 5) is 18.3. The first-order chi connectivity index (χ1) is 8.74. The Kier molecular flexibility index (Phi) is 2.95. The molecule has 1 amide bonds. The number of carbonyl (C=O) groups is 1. The van der Waals surface area contributed by atoms with Gasteiger partial charge in [0, 0.05) is 32.1 Å². The summed E-state index contributed by atoms with van der Waals surface area (Å²) in [5.41, 5.74) is 6.42. The minimum atomic E-state index is 0.0977. The van der Waals surface area contributed by atoms with Gasteiger partial charge in [-0.05, 0) is 12.8 Å². The zero-order valence-electron chi connectivity index (χ0n) is 10.2. The number of fused-ring (bicyclic) bond motifs is 1. The number of hydrogen-bond acceptors (Lipinski definition) is 5. The molecule has 18 heavy (non-hydrogen) atoms. The van der Waals surface area contributed by atoms with Gasteiger partial charge in [0.2, 0.25) is 5.91 Å². The van der Waals surface area contributed by atoms with Crippen molar-refractivity contribution in [2.24, 2.45) is 5.92 Å². The quantitative estimate of drug-likeness (QED) is 0.789. The number of nitrogen functional groups attached to an aromatic ring is 1. The van der Waals surface area contributed by atoms with Crippen molar-refractivity contribution >= 4 is 11.9 Å². The van der Waals surface area contributed by atoms with Crippen LogP contribution in [0.3, 0.4) is 0 Å². The first-order valence-corrected chi connectivity index (χ1v) is 6.34. The Bertz CT molecular complexity index is 451. The fourth-order valence-electron chi connectivity index (χ4n) is 2.61. The van der Waals surface area contributed by atoms with E-state index in [0.717, 1.165) is 30.7 Å². The van der Waals surface area contributed by atoms with E-state index in [1.807, 2.05) is 4.90 Å². The number of nitrogens with zero attached hydrogens (tertiary/aromatic N) is 2. The summed E-state index contributed by atoms with van der Waals surface area (Å²) in [7, 11) is 0. The van der Waals surface area contributed by atoms with Gasteiger partial charge < -0.3 is 19.8 Å². The minimum absolute atomic E-state index is 0.0977. The average Bonchev–Trinajstić information content (AvgIpc) is 2.78. The number of amides is 1. The summed E-state index contributed by atoms with van der Waals surface area (Å²) in [6.07, 6.45) is 2.37. The van der Waals surface area contributed by atoms with Crippen molar-refractivity contribution in [1.82, 2.24) is 9.88 Å². The van der Waals surface area contributed by atoms with Crippen LogP contribution < -0.4 is 5.73 Å². The lowest BCUT2D eigenvalue weighted by molar-refractivity contribution is -0.139. The standard InChI is InChI=1S/C12H17N3O3/c13-12-14-9-1-4-15(7-10(9)18-12)11(16)8-2-5-17-6-3-8/h8H,1-7H2,(H2,13,14). The minimum Gasteiger partial charge on any atom is -0.427 e. The number of nitrogens with two attached hydrogens (primary N) is 1. The number of ether oxygens (including phenoxy) is 1. The molecule has 0 saturated carbocycles. The fraction of sp³-hybridized carbons (Fsp3) is 0.667. The van der Waals surface area contributed by atoms with E-state index in [0.29, 0.717) is 26.3 Å². The Morgan fingerprint density at radius 1 is 1.39 bits per heavy atom. The van der Waals surface area contributed by atoms with E-state index in [2.05, 4.69) is 4.98 Å². The number of aromatic nitrogens is 1. The molecule has 2 aliphatic heterocycles. The van der Waals surface area contributed by atoms with Crippen LogP contribution in [0.15, 0.2) is 4.42 Å². The molecule has 1 saturated heterocycles. The molecule has 0 radical (unpaired) electrons. The summed E-state index contributed by atoms with van der Waals surface area (Å²) >= 11 is 0. The smallest absolute Gasteiger partial charge is 0.292 e. The Balaban J connectivity index is 1.69. The predicted molar refractivity (Wildman–Crippen MR) is 63.6 cm³/mol. The maximum atomic E-state index is 12.3. The monoisotopic (exact) mass is 251 g/mol. The summed E-state index contributed by atoms with van der Waals surface area (Å²) in [6, 6.07) is 0.195. The van der Waals surface area contributed by atoms with Crippen LogP contribution in [-0.2, 0) is 22.5 Å². The van der Waals surface area contributed by atoms with E-state index in [4.69, 9.17) is 14.9 Å². The van der Waals surface area contributed by atoms with Crippen LogP contribution in [0.1, 0.15) is 24.3 Å². The Labute approximate surface area is 105 Å². The number of carbonyl (C=O) groups excluding carboxylic acids is 1. The third-order valence-corrected chi connectivity index (χ3v) is 3.63. The largest absolute Gasteiger partial charge is 0.427 e. The van der Waals surface area contributed by atoms with Crippen molar-refractivity contribution in [2.75, 3.05) is 25.5 Å². The molecule has 1 fully saturated rings. The van der Waals surface area contributed by atoms with Crippen molar-refractivity contribution in [3.63, 3.8) is 0 Å². The highest BCUT2D eigenvalue weighted by molar-refractivity contribution is 5.79. The van der Waals surface area contributed by atoms with Crippen LogP contribution in [0.4, 0.5) is 6.01 Å². The molecule has 1 aromatic heterocycles. The molecule has 6 heteroatoms. The summed E-state index contributed by atoms with van der Waals surface area (Å²) in [5, 5.41) is 0. The molecule has 0 spiro atoms. The van der Waals surface area contributed by atoms with Gasteiger partial charge in [-0.25, -0.2) is 0 Å². The second-order valence-electron chi connectivity index (χ2n) is 4.82. The zero-order chi connectivity index (χ0) is 12.5. The van der Waals surface area contributed by atoms with Gasteiger partial charge in [0.05, 0.1) is 12.2 Å². The molecular formula is C12H17N3O3. The Morgan fingerprint density at radius 2 is 2.17 bits per heavy atom. The summed E-state index contributed by atoms with van der Waals surface area (Å²) in [6.45, 7) is 2.57. The van der Waals surface area contributed by atoms with E-state index in [-0.39, 0.29) is 17.8 Å². The van der Waals surface area contributed by atoms with Gasteiger partial charge in [-0.2, -0.15) is 4.98 Å². The lowest BCUT2D eigenvalue weighted by Crippen LogP contribution is -2.41. The SMILES string of the molecule is Nc1nc2c(o1)CN(C(=O)C1CCOCC1)CC2. The lowest BCUT2D eigenvalue weighted by Gasteiger charge is -2.30. The average molecular weight is 251 g/mol. The van der Waals surface area contributed by atoms with E-state index in [9.17, 15) is 4.79 Å². The van der Waals surface area contributed by atoms with Crippen LogP contribution >= 0.6 is 0 Å². The van der Waals surface area contributed by atoms with Gasteiger partial charge in [0.1, 0.15) is 5.76 Å². The molecule has 0 aliphatic carbocycles. The molecular weight excluding hydrogens is 234 g/mol. The maximum Gasteiger partial charge on any atom is 0.292 e. The van der Waals surface area contributed by atoms with Crippen molar-refractivity contribution < 1.29 is 13.9 Å². The summed E-state index contributed by atoms with van der Waals surface area (Å²) < 4.78 is 10.6. The highest BCUT2D eigenvalue weighted by Crippen LogP contribution is 2.24. The predicted octanol–water partition coefficient (Wildman–Crippen LogP) is 0.568. The lowest BCUT2D eigenvalue weighted by atomic mass is 9.97. The van der Waals surface area contributed by atoms with Gasteiger partial charge in [-0.3, -0.25) is 4.79 Å². The van der Waals surface area contributed by atoms with Crippen molar-refractivity contribution in [3.05, 3.63) is 11.5 Å². The van der Waals surface area contributed by atoms with Crippen molar-refractivity contribution in [2.45, 2.75) is 25.8 Å². The molecule has 1 aromatic rings. The number of hydrogen-bond donors (Lipinski definition) is 1. The Morgan fingerprint density at radius 3 is 2.94 bits per heavy atom. The highest BCUT2D eigenvalue weighted by Gasteiger charge is 2.30. The van der Waals surface area contributed by atoms with Crippen LogP contribution in [-0.4, -0.2) is 35.5 Å². The number of anilines is 1. The number of rotatable bonds is 1. The zero-order valence-corrected chi connectivity index (χ0v) is 10.2. The van der Waals surface area contributed by atoms with E-state index in [1.54, 1.807) is 0 Å². The van der Waals surface area contributed by atoms with Crippen LogP contribution in [0.2, 0.25) is 0 Å². The molecule has 2 aliphatic rings. The van der Waals surface area contributed by atoms with Crippen LogP contribution in [0.5, 0.6) is 0 Å². The van der Waals surface area contributed by atoms with Gasteiger partial charge in [0.25, 0.3) is 6.01 Å². The fourth-order valence-corrected chi connectivity index (χ4v) is 2.61. The van der Waals surface area contributed by atoms with Crippen molar-refractivity contribution in [3.8, 4) is 0 Å². The van der Waals surface area contributed by atoms with Gasteiger partial charge in [0.15, 0.2) is 0 Å². The molecule has 3 rings (SSSR count). The molecule has 3 heterocycles. The summed E-state index contributed by atoms with van der Waals surface area (Å²) in [5.74, 6) is 1.04. The van der Waals surface area contributed by atoms with Crippen LogP contribution in [0.25, 0.3) is 0 Å². The Hall–Kier alpha value is -1.56. The van der Waals surface area contributed by atoms with Gasteiger partial charge in [-0.15, -0.1) is 0 Å². The van der Waals surface area contributed by atoms with Gasteiger partial charge in [-0.1, -0.05) is 0 Å². The van der Waals surface area contributed by atoms with E-state index >= 15 is 0 Å². The van der Waals surface area contributed by atoms with Gasteiger partial charge >= 0.3 is 0 Å². The molecule has 0 unspecified atom stereocenters. The van der Waals surface area contributed by atoms with Crippen molar-refractivity contribution in [1.29, 1.82) is 0 Å². The normalized spacial score (nSPS) is 20.8. The third-order valence-electron chi connectivity index (χ3n) is 3.63. The van der Waals surface area contributed by atoms with E-state index in [1.165, 1.54) is 0 Å². The second-order valence-corrected chi connectivity index (χ2v) is 4.82. The number of oxazole rings is 1. The molecule has 2 N–H and O–H groups in total.